The second-order valence-electron chi connectivity index (χ2n) is 2.35. The highest BCUT2D eigenvalue weighted by Crippen LogP contribution is 2.44. The predicted octanol–water partition coefficient (Wildman–Crippen LogP) is 0.744. The number of rotatable bonds is 1. The molecule has 0 N–H and O–H groups in total. The van der Waals surface area contributed by atoms with Crippen LogP contribution < -0.4 is 0 Å². The zero-order chi connectivity index (χ0) is 5.49. The molecule has 1 rings (SSSR count). The zero-order valence-electron chi connectivity index (χ0n) is 4.23. The summed E-state index contributed by atoms with van der Waals surface area (Å²) in [6.07, 6.45) is 1.60. The molecule has 0 unspecified atom stereocenters. The molecule has 0 atom stereocenters. The highest BCUT2D eigenvalue weighted by atomic mass is 16.4. The van der Waals surface area contributed by atoms with Crippen molar-refractivity contribution in [2.24, 2.45) is 5.41 Å². The molecule has 1 saturated carbocycles. The molecule has 1 aliphatic carbocycles. The van der Waals surface area contributed by atoms with Crippen molar-refractivity contribution >= 4 is 5.97 Å². The molecule has 0 aromatic heterocycles. The molecule has 39 valence electrons. The summed E-state index contributed by atoms with van der Waals surface area (Å²) in [6, 6.07) is 0. The van der Waals surface area contributed by atoms with E-state index in [1.54, 1.807) is 6.92 Å². The Hall–Kier alpha value is -0.530. The Kier molecular flexibility index (Phi) is 0.659. The number of carbonyl (C=O) groups is 1. The Bertz CT molecular complexity index is 103. The van der Waals surface area contributed by atoms with Gasteiger partial charge in [0.1, 0.15) is 0 Å². The van der Waals surface area contributed by atoms with Crippen LogP contribution in [-0.2, 0) is 9.90 Å². The molecular weight excluding hydrogens is 92.1 g/mol. The Balaban J connectivity index is 2.55. The van der Waals surface area contributed by atoms with Gasteiger partial charge in [-0.3, -0.25) is 0 Å². The molecule has 0 spiro atoms. The first-order valence-electron chi connectivity index (χ1n) is 2.37. The highest BCUT2D eigenvalue weighted by Gasteiger charge is 2.46. The van der Waals surface area contributed by atoms with Crippen LogP contribution in [0.1, 0.15) is 19.8 Å². The van der Waals surface area contributed by atoms with Gasteiger partial charge in [-0.2, -0.15) is 0 Å². The summed E-state index contributed by atoms with van der Waals surface area (Å²) in [7, 11) is 0. The number of hydrogen-bond acceptors (Lipinski definition) is 1. The van der Waals surface area contributed by atoms with Gasteiger partial charge >= 0.3 is 5.97 Å². The number of hydrogen-bond donors (Lipinski definition) is 0. The minimum atomic E-state index is -0.896. The summed E-state index contributed by atoms with van der Waals surface area (Å²) in [5.74, 6) is -0.896. The molecule has 7 heavy (non-hydrogen) atoms. The third kappa shape index (κ3) is 0.601. The minimum absolute atomic E-state index is 0.444. The quantitative estimate of drug-likeness (QED) is 0.477. The Labute approximate surface area is 42.1 Å². The molecule has 0 saturated heterocycles. The second kappa shape index (κ2) is 0.997. The van der Waals surface area contributed by atoms with Crippen LogP contribution >= 0.6 is 0 Å². The molecule has 0 aromatic carbocycles. The van der Waals surface area contributed by atoms with Crippen molar-refractivity contribution in [1.82, 2.24) is 0 Å². The van der Waals surface area contributed by atoms with E-state index in [4.69, 9.17) is 0 Å². The van der Waals surface area contributed by atoms with Crippen LogP contribution in [0.3, 0.4) is 0 Å². The van der Waals surface area contributed by atoms with E-state index < -0.39 is 11.4 Å². The minimum Gasteiger partial charge on any atom is -0.247 e. The fourth-order valence-corrected chi connectivity index (χ4v) is 0.392. The van der Waals surface area contributed by atoms with Crippen molar-refractivity contribution in [2.75, 3.05) is 0 Å². The Morgan fingerprint density at radius 3 is 2.00 bits per heavy atom. The van der Waals surface area contributed by atoms with E-state index in [9.17, 15) is 9.90 Å². The van der Waals surface area contributed by atoms with Gasteiger partial charge in [0.25, 0.3) is 0 Å². The predicted molar refractivity (Wildman–Crippen MR) is 23.0 cm³/mol. The monoisotopic (exact) mass is 99.0 g/mol. The summed E-state index contributed by atoms with van der Waals surface area (Å²) in [4.78, 5) is 9.97. The van der Waals surface area contributed by atoms with E-state index >= 15 is 0 Å². The maximum Gasteiger partial charge on any atom is 0.361 e. The molecule has 0 amide bonds. The lowest BCUT2D eigenvalue weighted by Gasteiger charge is -1.90. The lowest BCUT2D eigenvalue weighted by molar-refractivity contribution is -0.148. The van der Waals surface area contributed by atoms with E-state index in [1.165, 1.54) is 0 Å². The molecule has 1 fully saturated rings. The van der Waals surface area contributed by atoms with Gasteiger partial charge in [-0.05, 0) is 19.8 Å². The molecular formula is C5H7O2. The fourth-order valence-electron chi connectivity index (χ4n) is 0.392. The molecule has 0 aliphatic heterocycles. The van der Waals surface area contributed by atoms with Crippen LogP contribution in [-0.4, -0.2) is 5.97 Å². The van der Waals surface area contributed by atoms with Gasteiger partial charge in [-0.1, -0.05) is 0 Å². The van der Waals surface area contributed by atoms with E-state index in [-0.39, 0.29) is 0 Å². The Morgan fingerprint density at radius 2 is 2.00 bits per heavy atom. The van der Waals surface area contributed by atoms with Crippen molar-refractivity contribution in [3.05, 3.63) is 0 Å². The van der Waals surface area contributed by atoms with Crippen LogP contribution in [0.25, 0.3) is 0 Å². The Morgan fingerprint density at radius 1 is 1.57 bits per heavy atom. The van der Waals surface area contributed by atoms with E-state index in [1.807, 2.05) is 0 Å². The first-order chi connectivity index (χ1) is 3.15. The third-order valence-corrected chi connectivity index (χ3v) is 1.49. The smallest absolute Gasteiger partial charge is 0.247 e. The van der Waals surface area contributed by atoms with Gasteiger partial charge in [0.05, 0.1) is 5.41 Å². The molecule has 0 aromatic rings. The summed E-state index contributed by atoms with van der Waals surface area (Å²) in [5, 5.41) is 9.97. The average Bonchev–Trinajstić information content (AvgIpc) is 2.21. The second-order valence-corrected chi connectivity index (χ2v) is 2.35. The van der Waals surface area contributed by atoms with Crippen molar-refractivity contribution < 1.29 is 9.90 Å². The molecule has 1 aliphatic rings. The van der Waals surface area contributed by atoms with Crippen LogP contribution in [0.15, 0.2) is 0 Å². The average molecular weight is 99.1 g/mol. The molecule has 2 heteroatoms. The standard InChI is InChI=1S/C5H7O2/c1-5(2-3-5)4(6)7/h2-3H2,1H3. The molecule has 0 bridgehead atoms. The summed E-state index contributed by atoms with van der Waals surface area (Å²) in [5.41, 5.74) is -0.444. The first kappa shape index (κ1) is 4.62. The molecule has 0 heterocycles. The van der Waals surface area contributed by atoms with Gasteiger partial charge in [0.15, 0.2) is 0 Å². The lowest BCUT2D eigenvalue weighted by Crippen LogP contribution is -2.06. The summed E-state index contributed by atoms with van der Waals surface area (Å²) in [6.45, 7) is 1.71. The lowest BCUT2D eigenvalue weighted by atomic mass is 10.2. The van der Waals surface area contributed by atoms with Crippen molar-refractivity contribution in [3.8, 4) is 0 Å². The first-order valence-corrected chi connectivity index (χ1v) is 2.37. The van der Waals surface area contributed by atoms with Crippen LogP contribution in [0.4, 0.5) is 0 Å². The maximum absolute atomic E-state index is 9.97. The fraction of sp³-hybridized carbons (Fsp3) is 0.800. The van der Waals surface area contributed by atoms with Crippen molar-refractivity contribution in [1.29, 1.82) is 0 Å². The van der Waals surface area contributed by atoms with Gasteiger partial charge in [0.2, 0.25) is 0 Å². The SMILES string of the molecule is CC1(C([O])=O)CC1. The highest BCUT2D eigenvalue weighted by molar-refractivity contribution is 5.76. The van der Waals surface area contributed by atoms with Crippen LogP contribution in [0.5, 0.6) is 0 Å². The van der Waals surface area contributed by atoms with Gasteiger partial charge < -0.3 is 0 Å². The normalized spacial score (nSPS) is 24.1. The van der Waals surface area contributed by atoms with Crippen molar-refractivity contribution in [2.45, 2.75) is 19.8 Å². The topological polar surface area (TPSA) is 37.0 Å². The van der Waals surface area contributed by atoms with E-state index in [0.29, 0.717) is 0 Å². The number of carbonyl (C=O) groups excluding carboxylic acids is 1. The van der Waals surface area contributed by atoms with Crippen LogP contribution in [0, 0.1) is 5.41 Å². The van der Waals surface area contributed by atoms with E-state index in [2.05, 4.69) is 0 Å². The van der Waals surface area contributed by atoms with Gasteiger partial charge in [-0.25, -0.2) is 9.90 Å². The summed E-state index contributed by atoms with van der Waals surface area (Å²) >= 11 is 0. The summed E-state index contributed by atoms with van der Waals surface area (Å²) < 4.78 is 0. The van der Waals surface area contributed by atoms with Gasteiger partial charge in [-0.15, -0.1) is 0 Å². The van der Waals surface area contributed by atoms with Crippen molar-refractivity contribution in [3.63, 3.8) is 0 Å². The van der Waals surface area contributed by atoms with Gasteiger partial charge in [0, 0.05) is 0 Å². The maximum atomic E-state index is 9.97. The van der Waals surface area contributed by atoms with E-state index in [0.717, 1.165) is 12.8 Å². The third-order valence-electron chi connectivity index (χ3n) is 1.49. The zero-order valence-corrected chi connectivity index (χ0v) is 4.23. The molecule has 1 radical (unpaired) electrons. The van der Waals surface area contributed by atoms with Crippen LogP contribution in [0.2, 0.25) is 0 Å². The largest absolute Gasteiger partial charge is 0.361 e. The molecule has 2 nitrogen and oxygen atoms in total.